The number of aromatic hydroxyl groups is 1. The van der Waals surface area contributed by atoms with Gasteiger partial charge in [-0.2, -0.15) is 0 Å². The molecule has 3 nitrogen and oxygen atoms in total. The Hall–Kier alpha value is -0.540. The van der Waals surface area contributed by atoms with Crippen molar-refractivity contribution in [2.24, 2.45) is 0 Å². The van der Waals surface area contributed by atoms with Crippen LogP contribution in [0.5, 0.6) is 5.75 Å². The average molecular weight is 528 g/mol. The summed E-state index contributed by atoms with van der Waals surface area (Å²) in [5.41, 5.74) is 1.36. The summed E-state index contributed by atoms with van der Waals surface area (Å²) in [6.45, 7) is 0.487. The van der Waals surface area contributed by atoms with E-state index in [1.54, 1.807) is 6.07 Å². The van der Waals surface area contributed by atoms with E-state index in [0.29, 0.717) is 27.1 Å². The molecular weight excluding hydrogens is 515 g/mol. The first-order valence-electron chi connectivity index (χ1n) is 6.18. The van der Waals surface area contributed by atoms with E-state index in [4.69, 9.17) is 11.6 Å². The van der Waals surface area contributed by atoms with Crippen LogP contribution < -0.4 is 5.32 Å². The number of carbonyl (C=O) groups is 1. The van der Waals surface area contributed by atoms with Crippen LogP contribution in [0.4, 0.5) is 0 Å². The smallest absolute Gasteiger partial charge is 0.255 e. The largest absolute Gasteiger partial charge is 0.506 e. The standard InChI is InChI=1S/C15H12ClI2NO2/c16-10-3-1-2-9(6-10)4-5-19-15(21)12-7-11(17)8-13(18)14(12)20/h1-3,6-8,20H,4-5H2,(H,19,21). The van der Waals surface area contributed by atoms with Crippen LogP contribution in [0.2, 0.25) is 5.02 Å². The van der Waals surface area contributed by atoms with Crippen LogP contribution in [0, 0.1) is 7.14 Å². The van der Waals surface area contributed by atoms with Gasteiger partial charge in [0, 0.05) is 15.1 Å². The highest BCUT2D eigenvalue weighted by atomic mass is 127. The third-order valence-electron chi connectivity index (χ3n) is 2.86. The van der Waals surface area contributed by atoms with E-state index in [1.807, 2.05) is 52.9 Å². The Balaban J connectivity index is 1.99. The number of benzene rings is 2. The van der Waals surface area contributed by atoms with Gasteiger partial charge in [-0.15, -0.1) is 0 Å². The number of phenolic OH excluding ortho intramolecular Hbond substituents is 1. The third-order valence-corrected chi connectivity index (χ3v) is 4.54. The molecule has 2 N–H and O–H groups in total. The first-order chi connectivity index (χ1) is 9.97. The molecule has 2 rings (SSSR count). The lowest BCUT2D eigenvalue weighted by Crippen LogP contribution is -2.26. The molecule has 0 spiro atoms. The number of rotatable bonds is 4. The molecule has 0 aromatic heterocycles. The van der Waals surface area contributed by atoms with Crippen molar-refractivity contribution in [2.75, 3.05) is 6.54 Å². The average Bonchev–Trinajstić information content (AvgIpc) is 2.42. The quantitative estimate of drug-likeness (QED) is 0.585. The summed E-state index contributed by atoms with van der Waals surface area (Å²) in [4.78, 5) is 12.1. The van der Waals surface area contributed by atoms with Crippen LogP contribution >= 0.6 is 56.8 Å². The molecule has 0 bridgehead atoms. The summed E-state index contributed by atoms with van der Waals surface area (Å²) in [7, 11) is 0. The summed E-state index contributed by atoms with van der Waals surface area (Å²) in [6.07, 6.45) is 0.689. The van der Waals surface area contributed by atoms with Gasteiger partial charge in [0.1, 0.15) is 5.75 Å². The summed E-state index contributed by atoms with van der Waals surface area (Å²) in [6, 6.07) is 11.0. The maximum Gasteiger partial charge on any atom is 0.255 e. The summed E-state index contributed by atoms with van der Waals surface area (Å²) < 4.78 is 1.58. The molecule has 0 unspecified atom stereocenters. The van der Waals surface area contributed by atoms with Gasteiger partial charge in [-0.1, -0.05) is 23.7 Å². The Labute approximate surface area is 155 Å². The molecule has 0 aliphatic rings. The van der Waals surface area contributed by atoms with Crippen molar-refractivity contribution in [3.63, 3.8) is 0 Å². The lowest BCUT2D eigenvalue weighted by atomic mass is 10.1. The van der Waals surface area contributed by atoms with Gasteiger partial charge in [0.2, 0.25) is 0 Å². The molecule has 0 saturated carbocycles. The fourth-order valence-corrected chi connectivity index (χ4v) is 3.90. The van der Waals surface area contributed by atoms with Crippen LogP contribution in [0.15, 0.2) is 36.4 Å². The highest BCUT2D eigenvalue weighted by Crippen LogP contribution is 2.26. The zero-order chi connectivity index (χ0) is 15.4. The number of nitrogens with one attached hydrogen (secondary N) is 1. The number of phenols is 1. The van der Waals surface area contributed by atoms with Gasteiger partial charge in [-0.25, -0.2) is 0 Å². The molecule has 2 aromatic rings. The fraction of sp³-hybridized carbons (Fsp3) is 0.133. The third kappa shape index (κ3) is 4.72. The first kappa shape index (κ1) is 16.8. The second kappa shape index (κ2) is 7.64. The summed E-state index contributed by atoms with van der Waals surface area (Å²) >= 11 is 10.0. The van der Waals surface area contributed by atoms with Gasteiger partial charge in [0.25, 0.3) is 5.91 Å². The number of halogens is 3. The maximum absolute atomic E-state index is 12.1. The Kier molecular flexibility index (Phi) is 6.12. The van der Waals surface area contributed by atoms with Crippen molar-refractivity contribution in [1.82, 2.24) is 5.32 Å². The molecule has 110 valence electrons. The lowest BCUT2D eigenvalue weighted by molar-refractivity contribution is 0.0951. The van der Waals surface area contributed by atoms with E-state index in [9.17, 15) is 9.90 Å². The predicted octanol–water partition coefficient (Wildman–Crippen LogP) is 4.23. The van der Waals surface area contributed by atoms with Crippen LogP contribution in [-0.2, 0) is 6.42 Å². The molecule has 0 fully saturated rings. The molecular formula is C15H12ClI2NO2. The number of amides is 1. The number of hydrogen-bond donors (Lipinski definition) is 2. The van der Waals surface area contributed by atoms with E-state index >= 15 is 0 Å². The Morgan fingerprint density at radius 2 is 2.00 bits per heavy atom. The minimum absolute atomic E-state index is 0.0243. The summed E-state index contributed by atoms with van der Waals surface area (Å²) in [5, 5.41) is 13.5. The summed E-state index contributed by atoms with van der Waals surface area (Å²) in [5.74, 6) is -0.248. The van der Waals surface area contributed by atoms with E-state index in [-0.39, 0.29) is 11.7 Å². The zero-order valence-corrected chi connectivity index (χ0v) is 15.9. The van der Waals surface area contributed by atoms with E-state index in [0.717, 1.165) is 9.13 Å². The van der Waals surface area contributed by atoms with Crippen LogP contribution in [0.1, 0.15) is 15.9 Å². The SMILES string of the molecule is O=C(NCCc1cccc(Cl)c1)c1cc(I)cc(I)c1O. The zero-order valence-electron chi connectivity index (χ0n) is 10.9. The molecule has 6 heteroatoms. The van der Waals surface area contributed by atoms with Gasteiger partial charge in [-0.3, -0.25) is 4.79 Å². The Morgan fingerprint density at radius 1 is 1.24 bits per heavy atom. The van der Waals surface area contributed by atoms with Gasteiger partial charge in [-0.05, 0) is 81.4 Å². The van der Waals surface area contributed by atoms with Gasteiger partial charge < -0.3 is 10.4 Å². The topological polar surface area (TPSA) is 49.3 Å². The van der Waals surface area contributed by atoms with E-state index in [2.05, 4.69) is 27.9 Å². The van der Waals surface area contributed by atoms with E-state index in [1.165, 1.54) is 0 Å². The van der Waals surface area contributed by atoms with E-state index < -0.39 is 0 Å². The van der Waals surface area contributed by atoms with Crippen LogP contribution in [-0.4, -0.2) is 17.6 Å². The molecule has 2 aromatic carbocycles. The Morgan fingerprint density at radius 3 is 2.71 bits per heavy atom. The second-order valence-electron chi connectivity index (χ2n) is 4.42. The van der Waals surface area contributed by atoms with Crippen LogP contribution in [0.3, 0.4) is 0 Å². The van der Waals surface area contributed by atoms with Gasteiger partial charge in [0.15, 0.2) is 0 Å². The maximum atomic E-state index is 12.1. The minimum atomic E-state index is -0.272. The number of hydrogen-bond acceptors (Lipinski definition) is 2. The van der Waals surface area contributed by atoms with Gasteiger partial charge >= 0.3 is 0 Å². The van der Waals surface area contributed by atoms with Crippen molar-refractivity contribution in [2.45, 2.75) is 6.42 Å². The highest BCUT2D eigenvalue weighted by Gasteiger charge is 2.14. The number of carbonyl (C=O) groups excluding carboxylic acids is 1. The van der Waals surface area contributed by atoms with Crippen molar-refractivity contribution in [1.29, 1.82) is 0 Å². The highest BCUT2D eigenvalue weighted by molar-refractivity contribution is 14.1. The molecule has 0 heterocycles. The Bertz CT molecular complexity index is 677. The van der Waals surface area contributed by atoms with Crippen molar-refractivity contribution >= 4 is 62.7 Å². The molecule has 1 amide bonds. The lowest BCUT2D eigenvalue weighted by Gasteiger charge is -2.09. The molecule has 0 atom stereocenters. The van der Waals surface area contributed by atoms with Gasteiger partial charge in [0.05, 0.1) is 9.13 Å². The molecule has 0 radical (unpaired) electrons. The molecule has 21 heavy (non-hydrogen) atoms. The predicted molar refractivity (Wildman–Crippen MR) is 101 cm³/mol. The molecule has 0 aliphatic heterocycles. The molecule has 0 aliphatic carbocycles. The first-order valence-corrected chi connectivity index (χ1v) is 8.71. The van der Waals surface area contributed by atoms with Crippen molar-refractivity contribution < 1.29 is 9.90 Å². The fourth-order valence-electron chi connectivity index (χ4n) is 1.85. The van der Waals surface area contributed by atoms with Crippen molar-refractivity contribution in [3.05, 3.63) is 59.7 Å². The monoisotopic (exact) mass is 527 g/mol. The second-order valence-corrected chi connectivity index (χ2v) is 7.26. The molecule has 0 saturated heterocycles. The minimum Gasteiger partial charge on any atom is -0.506 e. The van der Waals surface area contributed by atoms with Crippen LogP contribution in [0.25, 0.3) is 0 Å². The normalized spacial score (nSPS) is 10.4. The van der Waals surface area contributed by atoms with Crippen molar-refractivity contribution in [3.8, 4) is 5.75 Å².